The zero-order chi connectivity index (χ0) is 20.6. The molecule has 0 heterocycles. The number of amides is 3. The Morgan fingerprint density at radius 2 is 1.63 bits per heavy atom. The molecule has 1 rings (SSSR count). The van der Waals surface area contributed by atoms with Gasteiger partial charge < -0.3 is 21.1 Å². The molecule has 4 atom stereocenters. The van der Waals surface area contributed by atoms with Crippen LogP contribution in [-0.4, -0.2) is 59.1 Å². The monoisotopic (exact) mass is 395 g/mol. The normalized spacial score (nSPS) is 15.0. The summed E-state index contributed by atoms with van der Waals surface area (Å²) in [7, 11) is 1.44. The number of benzene rings is 1. The second-order valence-electron chi connectivity index (χ2n) is 6.11. The zero-order valence-electron chi connectivity index (χ0n) is 15.4. The van der Waals surface area contributed by atoms with Crippen molar-refractivity contribution in [3.63, 3.8) is 0 Å². The Kier molecular flexibility index (Phi) is 8.96. The highest BCUT2D eigenvalue weighted by Crippen LogP contribution is 2.05. The molecule has 1 aromatic rings. The number of nitrogens with one attached hydrogen (secondary N) is 3. The van der Waals surface area contributed by atoms with E-state index in [0.29, 0.717) is 0 Å². The van der Waals surface area contributed by atoms with E-state index in [0.717, 1.165) is 5.56 Å². The lowest BCUT2D eigenvalue weighted by Gasteiger charge is -2.25. The van der Waals surface area contributed by atoms with Gasteiger partial charge in [-0.1, -0.05) is 30.3 Å². The van der Waals surface area contributed by atoms with Crippen molar-refractivity contribution in [1.29, 1.82) is 0 Å². The second kappa shape index (κ2) is 10.7. The van der Waals surface area contributed by atoms with Gasteiger partial charge in [0, 0.05) is 13.5 Å². The number of hydrogen-bond acceptors (Lipinski definition) is 6. The minimum absolute atomic E-state index is 0.232. The van der Waals surface area contributed by atoms with Gasteiger partial charge in [-0.05, 0) is 19.4 Å². The van der Waals surface area contributed by atoms with Crippen molar-refractivity contribution in [2.45, 2.75) is 43.7 Å². The molecule has 8 nitrogen and oxygen atoms in total. The van der Waals surface area contributed by atoms with Gasteiger partial charge in [0.25, 0.3) is 0 Å². The third kappa shape index (κ3) is 7.03. The van der Waals surface area contributed by atoms with Crippen LogP contribution in [0, 0.1) is 0 Å². The van der Waals surface area contributed by atoms with E-state index in [9.17, 15) is 24.3 Å². The van der Waals surface area contributed by atoms with Crippen molar-refractivity contribution in [3.8, 4) is 0 Å². The molecule has 3 amide bonds. The number of ketones is 1. The molecular formula is C18H25N3O5S. The van der Waals surface area contributed by atoms with Crippen LogP contribution >= 0.6 is 12.6 Å². The number of rotatable bonds is 9. The second-order valence-corrected chi connectivity index (χ2v) is 6.62. The summed E-state index contributed by atoms with van der Waals surface area (Å²) in [6, 6.07) is 6.84. The Hall–Kier alpha value is -2.39. The van der Waals surface area contributed by atoms with Crippen LogP contribution in [0.5, 0.6) is 0 Å². The highest BCUT2D eigenvalue weighted by atomic mass is 32.1. The number of carbonyl (C=O) groups excluding carboxylic acids is 4. The summed E-state index contributed by atoms with van der Waals surface area (Å²) in [5, 5.41) is 15.9. The number of carbonyl (C=O) groups is 4. The average Bonchev–Trinajstić information content (AvgIpc) is 2.64. The molecule has 0 spiro atoms. The summed E-state index contributed by atoms with van der Waals surface area (Å²) in [4.78, 5) is 47.9. The van der Waals surface area contributed by atoms with Gasteiger partial charge in [0.1, 0.15) is 17.3 Å². The predicted molar refractivity (Wildman–Crippen MR) is 103 cm³/mol. The minimum atomic E-state index is -1.34. The molecule has 9 heteroatoms. The van der Waals surface area contributed by atoms with Crippen LogP contribution in [0.15, 0.2) is 30.3 Å². The van der Waals surface area contributed by atoms with Crippen LogP contribution < -0.4 is 16.0 Å². The van der Waals surface area contributed by atoms with Gasteiger partial charge in [-0.3, -0.25) is 19.2 Å². The number of thiol groups is 1. The van der Waals surface area contributed by atoms with Crippen LogP contribution in [0.1, 0.15) is 19.4 Å². The summed E-state index contributed by atoms with van der Waals surface area (Å²) >= 11 is 3.88. The van der Waals surface area contributed by atoms with E-state index in [1.165, 1.54) is 20.9 Å². The Labute approximate surface area is 163 Å². The van der Waals surface area contributed by atoms with Crippen LogP contribution in [-0.2, 0) is 25.6 Å². The van der Waals surface area contributed by atoms with Gasteiger partial charge >= 0.3 is 0 Å². The molecule has 1 aromatic carbocycles. The first-order chi connectivity index (χ1) is 12.7. The largest absolute Gasteiger partial charge is 0.391 e. The molecule has 148 valence electrons. The summed E-state index contributed by atoms with van der Waals surface area (Å²) < 4.78 is 0. The number of likely N-dealkylation sites (N-methyl/N-ethyl adjacent to an activating group) is 1. The molecule has 0 aromatic heterocycles. The van der Waals surface area contributed by atoms with Crippen LogP contribution in [0.4, 0.5) is 0 Å². The van der Waals surface area contributed by atoms with Gasteiger partial charge in [0.15, 0.2) is 5.78 Å². The van der Waals surface area contributed by atoms with Gasteiger partial charge in [-0.25, -0.2) is 0 Å². The fraction of sp³-hybridized carbons (Fsp3) is 0.444. The Bertz CT molecular complexity index is 681. The molecule has 0 saturated heterocycles. The maximum Gasteiger partial charge on any atom is 0.245 e. The van der Waals surface area contributed by atoms with Crippen LogP contribution in [0.25, 0.3) is 0 Å². The summed E-state index contributed by atoms with van der Waals surface area (Å²) in [5.41, 5.74) is 0.830. The first kappa shape index (κ1) is 22.7. The van der Waals surface area contributed by atoms with E-state index < -0.39 is 46.9 Å². The lowest BCUT2D eigenvalue weighted by atomic mass is 10.0. The molecule has 2 unspecified atom stereocenters. The number of hydrogen-bond donors (Lipinski definition) is 5. The van der Waals surface area contributed by atoms with E-state index in [1.54, 1.807) is 0 Å². The molecule has 27 heavy (non-hydrogen) atoms. The SMILES string of the molecule is CNC(=O)[C@H](Cc1ccccc1)NC(=O)[C@@H](NC(=O)C(S)C(C)=O)C(C)O. The summed E-state index contributed by atoms with van der Waals surface area (Å²) in [5.74, 6) is -2.45. The van der Waals surface area contributed by atoms with Crippen molar-refractivity contribution < 1.29 is 24.3 Å². The van der Waals surface area contributed by atoms with Crippen molar-refractivity contribution in [3.05, 3.63) is 35.9 Å². The highest BCUT2D eigenvalue weighted by molar-refractivity contribution is 7.82. The van der Waals surface area contributed by atoms with Gasteiger partial charge in [-0.15, -0.1) is 0 Å². The lowest BCUT2D eigenvalue weighted by molar-refractivity contribution is -0.135. The van der Waals surface area contributed by atoms with Crippen molar-refractivity contribution in [2.75, 3.05) is 7.05 Å². The maximum atomic E-state index is 12.6. The third-order valence-corrected chi connectivity index (χ3v) is 4.46. The van der Waals surface area contributed by atoms with Gasteiger partial charge in [0.05, 0.1) is 6.10 Å². The molecular weight excluding hydrogens is 370 g/mol. The Balaban J connectivity index is 2.90. The Morgan fingerprint density at radius 1 is 1.04 bits per heavy atom. The molecule has 0 saturated carbocycles. The fourth-order valence-corrected chi connectivity index (χ4v) is 2.39. The smallest absolute Gasteiger partial charge is 0.245 e. The van der Waals surface area contributed by atoms with Crippen LogP contribution in [0.2, 0.25) is 0 Å². The molecule has 4 N–H and O–H groups in total. The Morgan fingerprint density at radius 3 is 2.11 bits per heavy atom. The molecule has 0 radical (unpaired) electrons. The molecule has 0 bridgehead atoms. The summed E-state index contributed by atoms with van der Waals surface area (Å²) in [6.45, 7) is 2.51. The summed E-state index contributed by atoms with van der Waals surface area (Å²) in [6.07, 6.45) is -1.02. The third-order valence-electron chi connectivity index (χ3n) is 3.86. The van der Waals surface area contributed by atoms with E-state index in [2.05, 4.69) is 28.6 Å². The number of Topliss-reactive ketones (excluding diaryl/α,β-unsaturated/α-hetero) is 1. The standard InChI is InChI=1S/C18H25N3O5S/c1-10(22)14(21-18(26)15(27)11(2)23)17(25)20-13(16(24)19-3)9-12-7-5-4-6-8-12/h4-8,10,13-15,22,27H,9H2,1-3H3,(H,19,24)(H,20,25)(H,21,26)/t10?,13-,14-,15?/m0/s1. The van der Waals surface area contributed by atoms with E-state index in [1.807, 2.05) is 30.3 Å². The van der Waals surface area contributed by atoms with Crippen molar-refractivity contribution >= 4 is 36.1 Å². The molecule has 0 aliphatic heterocycles. The topological polar surface area (TPSA) is 125 Å². The number of aliphatic hydroxyl groups excluding tert-OH is 1. The predicted octanol–water partition coefficient (Wildman–Crippen LogP) is -0.787. The zero-order valence-corrected chi connectivity index (χ0v) is 16.3. The first-order valence-corrected chi connectivity index (χ1v) is 8.91. The van der Waals surface area contributed by atoms with Crippen molar-refractivity contribution in [1.82, 2.24) is 16.0 Å². The van der Waals surface area contributed by atoms with Gasteiger partial charge in [-0.2, -0.15) is 12.6 Å². The lowest BCUT2D eigenvalue weighted by Crippen LogP contribution is -2.58. The molecule has 0 fully saturated rings. The van der Waals surface area contributed by atoms with Crippen LogP contribution in [0.3, 0.4) is 0 Å². The van der Waals surface area contributed by atoms with E-state index in [4.69, 9.17) is 0 Å². The highest BCUT2D eigenvalue weighted by Gasteiger charge is 2.31. The number of aliphatic hydroxyl groups is 1. The maximum absolute atomic E-state index is 12.6. The fourth-order valence-electron chi connectivity index (χ4n) is 2.32. The average molecular weight is 395 g/mol. The first-order valence-electron chi connectivity index (χ1n) is 8.40. The van der Waals surface area contributed by atoms with Crippen molar-refractivity contribution in [2.24, 2.45) is 0 Å². The molecule has 0 aliphatic rings. The minimum Gasteiger partial charge on any atom is -0.391 e. The molecule has 0 aliphatic carbocycles. The van der Waals surface area contributed by atoms with E-state index >= 15 is 0 Å². The van der Waals surface area contributed by atoms with E-state index in [-0.39, 0.29) is 6.42 Å². The quantitative estimate of drug-likeness (QED) is 0.277. The van der Waals surface area contributed by atoms with Gasteiger partial charge in [0.2, 0.25) is 17.7 Å².